The van der Waals surface area contributed by atoms with E-state index in [9.17, 15) is 4.79 Å². The minimum absolute atomic E-state index is 0. The lowest BCUT2D eigenvalue weighted by atomic mass is 10.1. The Morgan fingerprint density at radius 3 is 2.50 bits per heavy atom. The summed E-state index contributed by atoms with van der Waals surface area (Å²) in [5, 5.41) is 3.47. The van der Waals surface area contributed by atoms with E-state index < -0.39 is 0 Å². The molecule has 2 aliphatic rings. The number of halogens is 1. The Labute approximate surface area is 176 Å². The number of carbonyl (C=O) groups is 1. The highest BCUT2D eigenvalue weighted by atomic mass is 127. The van der Waals surface area contributed by atoms with Crippen LogP contribution >= 0.6 is 24.0 Å². The van der Waals surface area contributed by atoms with Crippen molar-refractivity contribution in [3.63, 3.8) is 0 Å². The fourth-order valence-electron chi connectivity index (χ4n) is 3.53. The van der Waals surface area contributed by atoms with Crippen molar-refractivity contribution >= 4 is 35.8 Å². The molecule has 6 nitrogen and oxygen atoms in total. The van der Waals surface area contributed by atoms with E-state index in [1.54, 1.807) is 19.0 Å². The van der Waals surface area contributed by atoms with Crippen molar-refractivity contribution in [2.24, 2.45) is 16.8 Å². The third-order valence-corrected chi connectivity index (χ3v) is 5.08. The number of likely N-dealkylation sites (tertiary alicyclic amines) is 2. The van der Waals surface area contributed by atoms with Crippen molar-refractivity contribution in [1.82, 2.24) is 20.0 Å². The van der Waals surface area contributed by atoms with Crippen LogP contribution < -0.4 is 5.32 Å². The predicted octanol–water partition coefficient (Wildman–Crippen LogP) is 2.10. The highest BCUT2D eigenvalue weighted by Gasteiger charge is 2.27. The van der Waals surface area contributed by atoms with Gasteiger partial charge < -0.3 is 20.0 Å². The van der Waals surface area contributed by atoms with Crippen LogP contribution in [0.5, 0.6) is 0 Å². The second kappa shape index (κ2) is 12.0. The normalized spacial score (nSPS) is 21.7. The van der Waals surface area contributed by atoms with Gasteiger partial charge in [0.25, 0.3) is 0 Å². The second-order valence-electron chi connectivity index (χ2n) is 8.16. The van der Waals surface area contributed by atoms with Gasteiger partial charge in [-0.2, -0.15) is 0 Å². The summed E-state index contributed by atoms with van der Waals surface area (Å²) in [6.45, 7) is 11.3. The Hall–Kier alpha value is -0.570. The van der Waals surface area contributed by atoms with Gasteiger partial charge in [0, 0.05) is 40.3 Å². The standard InChI is InChI=1S/C19H37N5O.HI/c1-16(2)12-20-19(21-13-18(25)22(3)4)24-11-8-17(15-24)14-23-9-6-5-7-10-23;/h16-17H,5-15H2,1-4H3,(H,20,21);1H. The number of hydrogen-bond donors (Lipinski definition) is 1. The average molecular weight is 479 g/mol. The van der Waals surface area contributed by atoms with Gasteiger partial charge in [-0.3, -0.25) is 4.79 Å². The van der Waals surface area contributed by atoms with Gasteiger partial charge in [0.1, 0.15) is 6.54 Å². The lowest BCUT2D eigenvalue weighted by Crippen LogP contribution is -2.43. The van der Waals surface area contributed by atoms with E-state index in [1.807, 2.05) is 0 Å². The van der Waals surface area contributed by atoms with Crippen molar-refractivity contribution < 1.29 is 4.79 Å². The molecule has 7 heteroatoms. The molecule has 26 heavy (non-hydrogen) atoms. The molecular weight excluding hydrogens is 441 g/mol. The third kappa shape index (κ3) is 7.98. The summed E-state index contributed by atoms with van der Waals surface area (Å²) in [4.78, 5) is 23.1. The number of piperidine rings is 1. The zero-order valence-corrected chi connectivity index (χ0v) is 19.4. The summed E-state index contributed by atoms with van der Waals surface area (Å²) in [5.74, 6) is 2.23. The number of nitrogens with one attached hydrogen (secondary N) is 1. The van der Waals surface area contributed by atoms with E-state index in [2.05, 4.69) is 34.0 Å². The van der Waals surface area contributed by atoms with Crippen molar-refractivity contribution in [2.45, 2.75) is 39.5 Å². The first-order valence-corrected chi connectivity index (χ1v) is 9.91. The number of likely N-dealkylation sites (N-methyl/N-ethyl adjacent to an activating group) is 1. The van der Waals surface area contributed by atoms with E-state index in [1.165, 1.54) is 45.3 Å². The van der Waals surface area contributed by atoms with Crippen molar-refractivity contribution in [3.05, 3.63) is 0 Å². The van der Waals surface area contributed by atoms with Gasteiger partial charge in [-0.05, 0) is 44.2 Å². The maximum Gasteiger partial charge on any atom is 0.243 e. The zero-order chi connectivity index (χ0) is 18.2. The molecule has 0 radical (unpaired) electrons. The van der Waals surface area contributed by atoms with Crippen LogP contribution in [0.25, 0.3) is 0 Å². The maximum atomic E-state index is 11.9. The summed E-state index contributed by atoms with van der Waals surface area (Å²) >= 11 is 0. The molecule has 1 amide bonds. The fraction of sp³-hybridized carbons (Fsp3) is 0.895. The van der Waals surface area contributed by atoms with E-state index in [0.29, 0.717) is 11.8 Å². The highest BCUT2D eigenvalue weighted by Crippen LogP contribution is 2.20. The second-order valence-corrected chi connectivity index (χ2v) is 8.16. The van der Waals surface area contributed by atoms with Gasteiger partial charge in [-0.1, -0.05) is 20.3 Å². The first kappa shape index (κ1) is 23.5. The molecule has 152 valence electrons. The predicted molar refractivity (Wildman–Crippen MR) is 119 cm³/mol. The Morgan fingerprint density at radius 1 is 1.19 bits per heavy atom. The molecule has 2 heterocycles. The molecule has 0 aromatic carbocycles. The largest absolute Gasteiger partial charge is 0.356 e. The number of guanidine groups is 1. The summed E-state index contributed by atoms with van der Waals surface area (Å²) < 4.78 is 0. The van der Waals surface area contributed by atoms with Gasteiger partial charge >= 0.3 is 0 Å². The summed E-state index contributed by atoms with van der Waals surface area (Å²) in [7, 11) is 3.56. The SMILES string of the molecule is CC(C)CNC(=NCC(=O)N(C)C)N1CCC(CN2CCCCC2)C1.I. The van der Waals surface area contributed by atoms with Crippen LogP contribution in [0.3, 0.4) is 0 Å². The number of amides is 1. The van der Waals surface area contributed by atoms with Crippen LogP contribution in [0, 0.1) is 11.8 Å². The maximum absolute atomic E-state index is 11.9. The quantitative estimate of drug-likeness (QED) is 0.360. The monoisotopic (exact) mass is 479 g/mol. The van der Waals surface area contributed by atoms with Gasteiger partial charge in [0.05, 0.1) is 0 Å². The zero-order valence-electron chi connectivity index (χ0n) is 17.0. The lowest BCUT2D eigenvalue weighted by Gasteiger charge is -2.29. The molecule has 0 aliphatic carbocycles. The average Bonchev–Trinajstić information content (AvgIpc) is 3.03. The van der Waals surface area contributed by atoms with Crippen LogP contribution in [0.2, 0.25) is 0 Å². The van der Waals surface area contributed by atoms with E-state index >= 15 is 0 Å². The van der Waals surface area contributed by atoms with Gasteiger partial charge in [-0.25, -0.2) is 4.99 Å². The van der Waals surface area contributed by atoms with Crippen LogP contribution in [-0.4, -0.2) is 86.5 Å². The molecule has 2 rings (SSSR count). The number of nitrogens with zero attached hydrogens (tertiary/aromatic N) is 4. The molecule has 0 bridgehead atoms. The molecule has 2 fully saturated rings. The molecule has 0 saturated carbocycles. The summed E-state index contributed by atoms with van der Waals surface area (Å²) in [6.07, 6.45) is 5.32. The first-order valence-electron chi connectivity index (χ1n) is 9.91. The van der Waals surface area contributed by atoms with Gasteiger partial charge in [0.2, 0.25) is 5.91 Å². The molecule has 1 N–H and O–H groups in total. The van der Waals surface area contributed by atoms with Gasteiger partial charge in [0.15, 0.2) is 5.96 Å². The molecule has 1 unspecified atom stereocenters. The molecule has 0 aromatic heterocycles. The third-order valence-electron chi connectivity index (χ3n) is 5.08. The number of rotatable bonds is 6. The molecule has 1 atom stereocenters. The Bertz CT molecular complexity index is 449. The topological polar surface area (TPSA) is 51.2 Å². The summed E-state index contributed by atoms with van der Waals surface area (Å²) in [6, 6.07) is 0. The van der Waals surface area contributed by atoms with E-state index in [0.717, 1.165) is 25.6 Å². The van der Waals surface area contributed by atoms with Crippen LogP contribution in [-0.2, 0) is 4.79 Å². The van der Waals surface area contributed by atoms with Gasteiger partial charge in [-0.15, -0.1) is 24.0 Å². The Kier molecular flexibility index (Phi) is 10.8. The minimum atomic E-state index is 0. The summed E-state index contributed by atoms with van der Waals surface area (Å²) in [5.41, 5.74) is 0. The van der Waals surface area contributed by atoms with E-state index in [-0.39, 0.29) is 36.4 Å². The molecule has 2 aliphatic heterocycles. The van der Waals surface area contributed by atoms with E-state index in [4.69, 9.17) is 0 Å². The smallest absolute Gasteiger partial charge is 0.243 e. The lowest BCUT2D eigenvalue weighted by molar-refractivity contribution is -0.127. The highest BCUT2D eigenvalue weighted by molar-refractivity contribution is 14.0. The van der Waals surface area contributed by atoms with Crippen molar-refractivity contribution in [3.8, 4) is 0 Å². The Morgan fingerprint density at radius 2 is 1.88 bits per heavy atom. The molecule has 0 aromatic rings. The first-order chi connectivity index (χ1) is 12.0. The number of carbonyl (C=O) groups excluding carboxylic acids is 1. The molecule has 0 spiro atoms. The fourth-order valence-corrected chi connectivity index (χ4v) is 3.53. The van der Waals surface area contributed by atoms with Crippen LogP contribution in [0.15, 0.2) is 4.99 Å². The number of hydrogen-bond acceptors (Lipinski definition) is 3. The van der Waals surface area contributed by atoms with Crippen LogP contribution in [0.4, 0.5) is 0 Å². The van der Waals surface area contributed by atoms with Crippen molar-refractivity contribution in [2.75, 3.05) is 59.9 Å². The molecule has 2 saturated heterocycles. The van der Waals surface area contributed by atoms with Crippen molar-refractivity contribution in [1.29, 1.82) is 0 Å². The van der Waals surface area contributed by atoms with Crippen LogP contribution in [0.1, 0.15) is 39.5 Å². The number of aliphatic imine (C=N–C) groups is 1. The minimum Gasteiger partial charge on any atom is -0.356 e. The Balaban J connectivity index is 0.00000338. The molecular formula is C19H38IN5O.